The number of pyridine rings is 1. The van der Waals surface area contributed by atoms with Gasteiger partial charge >= 0.3 is 0 Å². The van der Waals surface area contributed by atoms with Gasteiger partial charge in [-0.05, 0) is 59.5 Å². The van der Waals surface area contributed by atoms with Gasteiger partial charge in [-0.25, -0.2) is 4.68 Å². The molecule has 1 fully saturated rings. The Labute approximate surface area is 233 Å². The van der Waals surface area contributed by atoms with Crippen molar-refractivity contribution in [2.45, 2.75) is 70.6 Å². The van der Waals surface area contributed by atoms with Crippen molar-refractivity contribution >= 4 is 10.9 Å². The maximum atomic E-state index is 13.4. The quantitative estimate of drug-likeness (QED) is 0.325. The number of H-pyrrole nitrogens is 1. The number of benzene rings is 2. The van der Waals surface area contributed by atoms with Crippen LogP contribution in [0.4, 0.5) is 0 Å². The van der Waals surface area contributed by atoms with E-state index in [4.69, 9.17) is 14.2 Å². The van der Waals surface area contributed by atoms with Crippen molar-refractivity contribution in [3.05, 3.63) is 69.8 Å². The Morgan fingerprint density at radius 1 is 1.07 bits per heavy atom. The Balaban J connectivity index is 1.33. The van der Waals surface area contributed by atoms with Crippen LogP contribution in [0.2, 0.25) is 0 Å². The summed E-state index contributed by atoms with van der Waals surface area (Å²) in [5.74, 6) is 3.02. The Bertz CT molecular complexity index is 1510. The van der Waals surface area contributed by atoms with Crippen LogP contribution in [0, 0.1) is 0 Å². The topological polar surface area (TPSA) is 107 Å². The van der Waals surface area contributed by atoms with Gasteiger partial charge in [0.05, 0.1) is 25.2 Å². The lowest BCUT2D eigenvalue weighted by Gasteiger charge is -2.39. The highest BCUT2D eigenvalue weighted by molar-refractivity contribution is 5.83. The molecular formula is C30H36N6O4. The van der Waals surface area contributed by atoms with Crippen LogP contribution in [0.3, 0.4) is 0 Å². The van der Waals surface area contributed by atoms with Crippen molar-refractivity contribution in [1.82, 2.24) is 30.1 Å². The zero-order valence-corrected chi connectivity index (χ0v) is 23.1. The van der Waals surface area contributed by atoms with E-state index < -0.39 is 0 Å². The largest absolute Gasteiger partial charge is 0.497 e. The molecule has 0 radical (unpaired) electrons. The maximum absolute atomic E-state index is 13.4. The first-order valence-corrected chi connectivity index (χ1v) is 14.2. The van der Waals surface area contributed by atoms with Crippen LogP contribution >= 0.6 is 0 Å². The number of nitrogens with zero attached hydrogens (tertiary/aromatic N) is 5. The molecule has 210 valence electrons. The Kier molecular flexibility index (Phi) is 7.68. The predicted molar refractivity (Wildman–Crippen MR) is 151 cm³/mol. The van der Waals surface area contributed by atoms with Gasteiger partial charge in [0.1, 0.15) is 19.0 Å². The monoisotopic (exact) mass is 544 g/mol. The van der Waals surface area contributed by atoms with Crippen LogP contribution < -0.4 is 19.8 Å². The second kappa shape index (κ2) is 11.7. The summed E-state index contributed by atoms with van der Waals surface area (Å²) < 4.78 is 18.7. The molecule has 0 saturated heterocycles. The van der Waals surface area contributed by atoms with E-state index in [1.54, 1.807) is 7.11 Å². The summed E-state index contributed by atoms with van der Waals surface area (Å²) in [6.07, 6.45) is 6.64. The smallest absolute Gasteiger partial charge is 0.252 e. The summed E-state index contributed by atoms with van der Waals surface area (Å²) in [5.41, 5.74) is 2.48. The number of hydrogen-bond donors (Lipinski definition) is 1. The molecule has 1 saturated carbocycles. The molecule has 4 aromatic rings. The molecule has 1 N–H and O–H groups in total. The van der Waals surface area contributed by atoms with E-state index in [0.717, 1.165) is 52.9 Å². The molecule has 0 unspecified atom stereocenters. The van der Waals surface area contributed by atoms with Crippen LogP contribution in [-0.2, 0) is 13.1 Å². The zero-order chi connectivity index (χ0) is 27.5. The van der Waals surface area contributed by atoms with Crippen LogP contribution in [-0.4, -0.2) is 56.5 Å². The second-order valence-corrected chi connectivity index (χ2v) is 10.6. The number of fused-ring (bicyclic) bond motifs is 2. The summed E-state index contributed by atoms with van der Waals surface area (Å²) in [4.78, 5) is 18.9. The molecule has 0 amide bonds. The summed E-state index contributed by atoms with van der Waals surface area (Å²) in [6, 6.07) is 14.1. The molecule has 40 heavy (non-hydrogen) atoms. The molecule has 2 aromatic carbocycles. The third kappa shape index (κ3) is 5.40. The summed E-state index contributed by atoms with van der Waals surface area (Å²) in [6.45, 7) is 4.27. The highest BCUT2D eigenvalue weighted by Crippen LogP contribution is 2.35. The van der Waals surface area contributed by atoms with Gasteiger partial charge in [0, 0.05) is 29.6 Å². The summed E-state index contributed by atoms with van der Waals surface area (Å²) in [7, 11) is 1.66. The van der Waals surface area contributed by atoms with Crippen molar-refractivity contribution in [2.24, 2.45) is 0 Å². The number of aromatic amines is 1. The minimum atomic E-state index is -0.0855. The van der Waals surface area contributed by atoms with E-state index in [1.807, 2.05) is 47.1 Å². The molecule has 10 nitrogen and oxygen atoms in total. The number of nitrogens with one attached hydrogen (secondary N) is 1. The second-order valence-electron chi connectivity index (χ2n) is 10.6. The molecule has 10 heteroatoms. The third-order valence-corrected chi connectivity index (χ3v) is 8.12. The lowest BCUT2D eigenvalue weighted by molar-refractivity contribution is 0.0844. The van der Waals surface area contributed by atoms with E-state index in [1.165, 1.54) is 19.3 Å². The highest BCUT2D eigenvalue weighted by atomic mass is 16.6. The fraction of sp³-hybridized carbons (Fsp3) is 0.467. The number of ether oxygens (including phenoxy) is 3. The molecule has 2 aliphatic rings. The fourth-order valence-corrected chi connectivity index (χ4v) is 6.04. The molecule has 1 aliphatic carbocycles. The van der Waals surface area contributed by atoms with Crippen LogP contribution in [0.1, 0.15) is 68.4 Å². The van der Waals surface area contributed by atoms with E-state index in [2.05, 4.69) is 32.3 Å². The first kappa shape index (κ1) is 26.3. The zero-order valence-electron chi connectivity index (χ0n) is 23.1. The van der Waals surface area contributed by atoms with Crippen molar-refractivity contribution < 1.29 is 14.2 Å². The Morgan fingerprint density at radius 2 is 1.82 bits per heavy atom. The minimum Gasteiger partial charge on any atom is -0.497 e. The average molecular weight is 545 g/mol. The normalized spacial score (nSPS) is 16.4. The van der Waals surface area contributed by atoms with Crippen LogP contribution in [0.5, 0.6) is 17.2 Å². The lowest BCUT2D eigenvalue weighted by Crippen LogP contribution is -2.41. The minimum absolute atomic E-state index is 0.0355. The fourth-order valence-electron chi connectivity index (χ4n) is 6.04. The van der Waals surface area contributed by atoms with Gasteiger partial charge in [0.25, 0.3) is 5.56 Å². The van der Waals surface area contributed by atoms with Crippen LogP contribution in [0.25, 0.3) is 10.9 Å². The third-order valence-electron chi connectivity index (χ3n) is 8.12. The molecule has 6 rings (SSSR count). The predicted octanol–water partition coefficient (Wildman–Crippen LogP) is 4.63. The molecule has 0 bridgehead atoms. The van der Waals surface area contributed by atoms with Crippen molar-refractivity contribution in [3.8, 4) is 17.2 Å². The first-order valence-electron chi connectivity index (χ1n) is 14.2. The number of methoxy groups -OCH3 is 1. The number of hydrogen-bond acceptors (Lipinski definition) is 8. The summed E-state index contributed by atoms with van der Waals surface area (Å²) >= 11 is 0. The molecular weight excluding hydrogens is 508 g/mol. The molecule has 1 atom stereocenters. The maximum Gasteiger partial charge on any atom is 0.252 e. The Hall–Kier alpha value is -3.92. The van der Waals surface area contributed by atoms with E-state index >= 15 is 0 Å². The molecule has 2 aromatic heterocycles. The van der Waals surface area contributed by atoms with Gasteiger partial charge in [0.15, 0.2) is 17.3 Å². The SMILES string of the molecule is CC[C@H](c1nnnn1Cc1ccc(OC)cc1)N(Cc1cc2cc3c(cc2[nH]c1=O)OCCO3)C1CCCCC1. The van der Waals surface area contributed by atoms with Gasteiger partial charge in [-0.3, -0.25) is 9.69 Å². The van der Waals surface area contributed by atoms with Crippen molar-refractivity contribution in [1.29, 1.82) is 0 Å². The van der Waals surface area contributed by atoms with Gasteiger partial charge in [-0.1, -0.05) is 38.3 Å². The number of rotatable bonds is 9. The average Bonchev–Trinajstić information content (AvgIpc) is 3.44. The summed E-state index contributed by atoms with van der Waals surface area (Å²) in [5, 5.41) is 13.9. The standard InChI is InChI=1S/C30H36N6O4/c1-3-26(29-32-33-34-36(29)18-20-9-11-24(38-2)12-10-20)35(23-7-5-4-6-8-23)19-22-15-21-16-27-28(40-14-13-39-27)17-25(21)31-30(22)37/h9-12,15-17,23,26H,3-8,13-14,18-19H2,1-2H3,(H,31,37)/t26-/m1/s1. The van der Waals surface area contributed by atoms with Gasteiger partial charge in [0.2, 0.25) is 0 Å². The molecule has 1 aliphatic heterocycles. The number of aromatic nitrogens is 5. The van der Waals surface area contributed by atoms with E-state index in [0.29, 0.717) is 43.8 Å². The first-order chi connectivity index (χ1) is 19.6. The highest BCUT2D eigenvalue weighted by Gasteiger charge is 2.32. The Morgan fingerprint density at radius 3 is 2.55 bits per heavy atom. The van der Waals surface area contributed by atoms with Crippen molar-refractivity contribution in [2.75, 3.05) is 20.3 Å². The van der Waals surface area contributed by atoms with E-state index in [-0.39, 0.29) is 11.6 Å². The van der Waals surface area contributed by atoms with Gasteiger partial charge in [-0.15, -0.1) is 5.10 Å². The van der Waals surface area contributed by atoms with Crippen molar-refractivity contribution in [3.63, 3.8) is 0 Å². The molecule has 3 heterocycles. The van der Waals surface area contributed by atoms with Gasteiger partial charge in [-0.2, -0.15) is 0 Å². The van der Waals surface area contributed by atoms with E-state index in [9.17, 15) is 4.79 Å². The van der Waals surface area contributed by atoms with Gasteiger partial charge < -0.3 is 19.2 Å². The number of tetrazole rings is 1. The lowest BCUT2D eigenvalue weighted by atomic mass is 9.92. The van der Waals surface area contributed by atoms with Crippen LogP contribution in [0.15, 0.2) is 47.3 Å². The molecule has 0 spiro atoms.